The highest BCUT2D eigenvalue weighted by molar-refractivity contribution is 5.84. The lowest BCUT2D eigenvalue weighted by Crippen LogP contribution is -2.12. The van der Waals surface area contributed by atoms with Crippen molar-refractivity contribution in [1.82, 2.24) is 4.98 Å². The maximum atomic E-state index is 14.3. The van der Waals surface area contributed by atoms with E-state index in [0.29, 0.717) is 28.1 Å². The molecule has 5 aromatic rings. The maximum absolute atomic E-state index is 14.3. The molecule has 0 aliphatic rings. The third-order valence-electron chi connectivity index (χ3n) is 6.75. The van der Waals surface area contributed by atoms with Crippen molar-refractivity contribution >= 4 is 29.1 Å². The van der Waals surface area contributed by atoms with E-state index >= 15 is 0 Å². The first-order valence-corrected chi connectivity index (χ1v) is 12.4. The lowest BCUT2D eigenvalue weighted by Gasteiger charge is -2.19. The summed E-state index contributed by atoms with van der Waals surface area (Å²) in [7, 11) is 1.50. The molecule has 0 amide bonds. The van der Waals surface area contributed by atoms with E-state index in [4.69, 9.17) is 9.15 Å². The quantitative estimate of drug-likeness (QED) is 0.148. The van der Waals surface area contributed by atoms with E-state index in [1.807, 2.05) is 0 Å². The fourth-order valence-electron chi connectivity index (χ4n) is 4.64. The summed E-state index contributed by atoms with van der Waals surface area (Å²) in [6.45, 7) is 8.65. The Bertz CT molecular complexity index is 1850. The van der Waals surface area contributed by atoms with Crippen LogP contribution in [0.15, 0.2) is 88.8 Å². The molecule has 0 fully saturated rings. The van der Waals surface area contributed by atoms with E-state index in [9.17, 15) is 26.3 Å². The van der Waals surface area contributed by atoms with E-state index < -0.39 is 34.6 Å². The van der Waals surface area contributed by atoms with Crippen LogP contribution in [0.25, 0.3) is 50.4 Å². The highest BCUT2D eigenvalue weighted by Crippen LogP contribution is 2.45. The summed E-state index contributed by atoms with van der Waals surface area (Å²) < 4.78 is 95.8. The van der Waals surface area contributed by atoms with Crippen molar-refractivity contribution in [2.24, 2.45) is 4.99 Å². The molecular weight excluding hydrogens is 558 g/mol. The molecule has 1 aromatic heterocycles. The number of rotatable bonds is 6. The van der Waals surface area contributed by atoms with Crippen LogP contribution in [0.3, 0.4) is 0 Å². The third-order valence-corrected chi connectivity index (χ3v) is 6.75. The Morgan fingerprint density at radius 1 is 0.786 bits per heavy atom. The van der Waals surface area contributed by atoms with Crippen molar-refractivity contribution in [3.05, 3.63) is 96.1 Å². The van der Waals surface area contributed by atoms with Crippen molar-refractivity contribution in [3.8, 4) is 39.5 Å². The lowest BCUT2D eigenvalue weighted by molar-refractivity contribution is -0.139. The van der Waals surface area contributed by atoms with Crippen LogP contribution < -0.4 is 4.74 Å². The van der Waals surface area contributed by atoms with Crippen LogP contribution in [0, 0.1) is 0 Å². The van der Waals surface area contributed by atoms with E-state index in [2.05, 4.69) is 23.3 Å². The lowest BCUT2D eigenvalue weighted by atomic mass is 9.91. The summed E-state index contributed by atoms with van der Waals surface area (Å²) in [5, 5.41) is 0. The highest BCUT2D eigenvalue weighted by atomic mass is 19.4. The number of benzene rings is 4. The number of halogens is 6. The minimum Gasteiger partial charge on any atom is -0.494 e. The van der Waals surface area contributed by atoms with Gasteiger partial charge in [0.15, 0.2) is 5.58 Å². The summed E-state index contributed by atoms with van der Waals surface area (Å²) in [6, 6.07) is 16.6. The van der Waals surface area contributed by atoms with Gasteiger partial charge in [-0.3, -0.25) is 4.99 Å². The van der Waals surface area contributed by atoms with E-state index in [1.165, 1.54) is 26.2 Å². The van der Waals surface area contributed by atoms with Crippen molar-refractivity contribution in [1.29, 1.82) is 0 Å². The van der Waals surface area contributed by atoms with Gasteiger partial charge in [0.1, 0.15) is 17.0 Å². The summed E-state index contributed by atoms with van der Waals surface area (Å²) >= 11 is 0. The number of hydrogen-bond donors (Lipinski definition) is 0. The number of oxazole rings is 1. The number of ether oxygens (including phenoxy) is 1. The number of aliphatic imine (C=N–C) groups is 1. The number of hydrogen-bond acceptors (Lipinski definition) is 4. The zero-order valence-corrected chi connectivity index (χ0v) is 22.3. The van der Waals surface area contributed by atoms with Gasteiger partial charge in [0.05, 0.1) is 18.2 Å². The van der Waals surface area contributed by atoms with Crippen LogP contribution in [0.5, 0.6) is 5.75 Å². The molecule has 214 valence electrons. The van der Waals surface area contributed by atoms with Crippen LogP contribution in [0.2, 0.25) is 0 Å². The second kappa shape index (κ2) is 10.5. The molecule has 0 unspecified atom stereocenters. The Morgan fingerprint density at radius 3 is 2.00 bits per heavy atom. The first-order valence-electron chi connectivity index (χ1n) is 12.4. The van der Waals surface area contributed by atoms with Gasteiger partial charge in [-0.25, -0.2) is 4.98 Å². The minimum absolute atomic E-state index is 0.0426. The van der Waals surface area contributed by atoms with E-state index in [0.717, 1.165) is 35.4 Å². The molecule has 5 rings (SSSR count). The first kappa shape index (κ1) is 28.7. The average molecular weight is 581 g/mol. The minimum atomic E-state index is -4.97. The normalized spacial score (nSPS) is 12.0. The van der Waals surface area contributed by atoms with Crippen LogP contribution in [-0.4, -0.2) is 18.8 Å². The molecule has 0 aliphatic carbocycles. The Labute approximate surface area is 236 Å². The number of methoxy groups -OCH3 is 1. The predicted molar refractivity (Wildman–Crippen MR) is 151 cm³/mol. The predicted octanol–water partition coefficient (Wildman–Crippen LogP) is 10.2. The van der Waals surface area contributed by atoms with Gasteiger partial charge < -0.3 is 9.15 Å². The number of alkyl halides is 6. The summed E-state index contributed by atoms with van der Waals surface area (Å²) in [6.07, 6.45) is -9.86. The molecule has 0 bridgehead atoms. The Balaban J connectivity index is 1.60. The summed E-state index contributed by atoms with van der Waals surface area (Å²) in [4.78, 5) is 8.22. The van der Waals surface area contributed by atoms with Crippen molar-refractivity contribution < 1.29 is 35.5 Å². The molecule has 1 heterocycles. The molecule has 0 spiro atoms. The molecule has 0 saturated heterocycles. The smallest absolute Gasteiger partial charge is 0.417 e. The van der Waals surface area contributed by atoms with Gasteiger partial charge in [0, 0.05) is 5.56 Å². The second-order valence-electron chi connectivity index (χ2n) is 9.54. The highest BCUT2D eigenvalue weighted by Gasteiger charge is 2.39. The molecular formula is C32H22F6N2O2. The van der Waals surface area contributed by atoms with Gasteiger partial charge in [-0.05, 0) is 83.9 Å². The standard InChI is InChI=1S/C32H22F6N2O2/c1-17(2)18-5-9-22(24(13-18)31(33,34)35)23-10-6-21(14-25(23)32(36,37)38)30-40-27-12-8-20(16-29(27)42-30)19-7-11-26(39-3)28(15-19)41-4/h5-16H,1,3H2,2,4H3. The Kier molecular flexibility index (Phi) is 7.18. The van der Waals surface area contributed by atoms with Gasteiger partial charge in [-0.1, -0.05) is 42.5 Å². The van der Waals surface area contributed by atoms with E-state index in [1.54, 1.807) is 36.4 Å². The Hall–Kier alpha value is -4.86. The van der Waals surface area contributed by atoms with Crippen LogP contribution >= 0.6 is 0 Å². The number of allylic oxidation sites excluding steroid dienone is 1. The SMILES string of the molecule is C=Nc1ccc(-c2ccc3nc(-c4ccc(-c5ccc(C(=C)C)cc5C(F)(F)F)c(C(F)(F)F)c4)oc3c2)cc1OC. The third kappa shape index (κ3) is 5.39. The largest absolute Gasteiger partial charge is 0.494 e. The summed E-state index contributed by atoms with van der Waals surface area (Å²) in [5.41, 5.74) is -0.429. The maximum Gasteiger partial charge on any atom is 0.417 e. The molecule has 4 nitrogen and oxygen atoms in total. The van der Waals surface area contributed by atoms with Gasteiger partial charge in [0.25, 0.3) is 0 Å². The fraction of sp³-hybridized carbons (Fsp3) is 0.125. The first-order chi connectivity index (χ1) is 19.8. The fourth-order valence-corrected chi connectivity index (χ4v) is 4.64. The van der Waals surface area contributed by atoms with Crippen LogP contribution in [0.4, 0.5) is 32.0 Å². The number of nitrogens with zero attached hydrogens (tertiary/aromatic N) is 2. The van der Waals surface area contributed by atoms with Crippen LogP contribution in [-0.2, 0) is 12.4 Å². The van der Waals surface area contributed by atoms with Crippen molar-refractivity contribution in [3.63, 3.8) is 0 Å². The van der Waals surface area contributed by atoms with Crippen molar-refractivity contribution in [2.75, 3.05) is 7.11 Å². The molecule has 0 atom stereocenters. The van der Waals surface area contributed by atoms with Gasteiger partial charge in [0.2, 0.25) is 5.89 Å². The topological polar surface area (TPSA) is 47.6 Å². The molecule has 0 aliphatic heterocycles. The zero-order chi connectivity index (χ0) is 30.4. The van der Waals surface area contributed by atoms with Crippen molar-refractivity contribution in [2.45, 2.75) is 19.3 Å². The van der Waals surface area contributed by atoms with Crippen LogP contribution in [0.1, 0.15) is 23.6 Å². The zero-order valence-electron chi connectivity index (χ0n) is 22.3. The molecule has 0 radical (unpaired) electrons. The molecule has 4 aromatic carbocycles. The summed E-state index contributed by atoms with van der Waals surface area (Å²) in [5.74, 6) is 0.389. The van der Waals surface area contributed by atoms with Gasteiger partial charge in [-0.15, -0.1) is 0 Å². The molecule has 0 saturated carbocycles. The molecule has 10 heteroatoms. The number of fused-ring (bicyclic) bond motifs is 1. The second-order valence-corrected chi connectivity index (χ2v) is 9.54. The monoisotopic (exact) mass is 580 g/mol. The average Bonchev–Trinajstić information content (AvgIpc) is 3.39. The van der Waals surface area contributed by atoms with Gasteiger partial charge >= 0.3 is 12.4 Å². The molecule has 42 heavy (non-hydrogen) atoms. The van der Waals surface area contributed by atoms with Gasteiger partial charge in [-0.2, -0.15) is 26.3 Å². The van der Waals surface area contributed by atoms with E-state index in [-0.39, 0.29) is 17.0 Å². The molecule has 0 N–H and O–H groups in total. The Morgan fingerprint density at radius 2 is 1.38 bits per heavy atom. The number of aromatic nitrogens is 1.